The van der Waals surface area contributed by atoms with Crippen molar-refractivity contribution in [3.05, 3.63) is 54.2 Å². The van der Waals surface area contributed by atoms with E-state index in [1.807, 2.05) is 35.2 Å². The number of anilines is 2. The summed E-state index contributed by atoms with van der Waals surface area (Å²) in [6.07, 6.45) is 2.20. The molecule has 1 fully saturated rings. The first kappa shape index (κ1) is 23.1. The van der Waals surface area contributed by atoms with E-state index in [4.69, 9.17) is 0 Å². The van der Waals surface area contributed by atoms with Crippen LogP contribution in [0, 0.1) is 0 Å². The Labute approximate surface area is 188 Å². The fourth-order valence-electron chi connectivity index (χ4n) is 3.45. The Balaban J connectivity index is 1.41. The first-order chi connectivity index (χ1) is 15.4. The number of carbonyl (C=O) groups excluding carboxylic acids is 3. The molecule has 2 N–H and O–H groups in total. The van der Waals surface area contributed by atoms with Crippen LogP contribution in [0.1, 0.15) is 12.0 Å². The molecule has 1 aromatic heterocycles. The first-order valence-electron chi connectivity index (χ1n) is 10.7. The number of nitrogens with one attached hydrogen (secondary N) is 2. The van der Waals surface area contributed by atoms with Crippen LogP contribution < -0.4 is 15.5 Å². The summed E-state index contributed by atoms with van der Waals surface area (Å²) in [6.45, 7) is 2.98. The minimum atomic E-state index is -0.400. The number of urea groups is 1. The van der Waals surface area contributed by atoms with E-state index in [2.05, 4.69) is 20.5 Å². The molecule has 1 aliphatic rings. The Kier molecular flexibility index (Phi) is 8.02. The van der Waals surface area contributed by atoms with Crippen LogP contribution in [0.15, 0.2) is 48.7 Å². The predicted molar refractivity (Wildman–Crippen MR) is 124 cm³/mol. The van der Waals surface area contributed by atoms with Crippen molar-refractivity contribution >= 4 is 29.4 Å². The molecule has 1 aromatic carbocycles. The normalized spacial score (nSPS) is 13.4. The second-order valence-electron chi connectivity index (χ2n) is 7.81. The van der Waals surface area contributed by atoms with Gasteiger partial charge in [-0.25, -0.2) is 9.78 Å². The number of piperazine rings is 1. The van der Waals surface area contributed by atoms with E-state index in [0.717, 1.165) is 24.5 Å². The number of nitrogens with zero attached hydrogens (tertiary/aromatic N) is 4. The Morgan fingerprint density at radius 1 is 1.00 bits per heavy atom. The average Bonchev–Trinajstić information content (AvgIpc) is 2.81. The van der Waals surface area contributed by atoms with E-state index < -0.39 is 6.03 Å². The minimum Gasteiger partial charge on any atom is -0.353 e. The summed E-state index contributed by atoms with van der Waals surface area (Å²) in [7, 11) is 3.39. The van der Waals surface area contributed by atoms with Crippen molar-refractivity contribution in [1.82, 2.24) is 20.1 Å². The molecular weight excluding hydrogens is 408 g/mol. The van der Waals surface area contributed by atoms with E-state index in [1.54, 1.807) is 32.4 Å². The molecule has 1 saturated heterocycles. The Hall–Kier alpha value is -3.62. The molecular formula is C23H30N6O3. The quantitative estimate of drug-likeness (QED) is 0.684. The van der Waals surface area contributed by atoms with Gasteiger partial charge in [-0.15, -0.1) is 0 Å². The van der Waals surface area contributed by atoms with Gasteiger partial charge in [-0.3, -0.25) is 9.59 Å². The van der Waals surface area contributed by atoms with Crippen LogP contribution in [0.5, 0.6) is 0 Å². The van der Waals surface area contributed by atoms with E-state index >= 15 is 0 Å². The number of likely N-dealkylation sites (N-methyl/N-ethyl adjacent to an activating group) is 1. The van der Waals surface area contributed by atoms with Crippen molar-refractivity contribution in [2.45, 2.75) is 12.8 Å². The molecule has 2 heterocycles. The van der Waals surface area contributed by atoms with Gasteiger partial charge in [0.15, 0.2) is 0 Å². The van der Waals surface area contributed by atoms with Crippen LogP contribution in [0.25, 0.3) is 0 Å². The highest BCUT2D eigenvalue weighted by atomic mass is 16.2. The lowest BCUT2D eigenvalue weighted by Crippen LogP contribution is -2.49. The highest BCUT2D eigenvalue weighted by molar-refractivity contribution is 5.91. The number of hydrogen-bond acceptors (Lipinski definition) is 5. The average molecular weight is 439 g/mol. The highest BCUT2D eigenvalue weighted by Gasteiger charge is 2.21. The topological polar surface area (TPSA) is 97.9 Å². The smallest absolute Gasteiger partial charge is 0.319 e. The number of benzene rings is 1. The number of amides is 4. The fourth-order valence-corrected chi connectivity index (χ4v) is 3.45. The fraction of sp³-hybridized carbons (Fsp3) is 0.391. The van der Waals surface area contributed by atoms with Gasteiger partial charge in [0, 0.05) is 65.1 Å². The number of carbonyl (C=O) groups is 3. The lowest BCUT2D eigenvalue weighted by atomic mass is 10.1. The van der Waals surface area contributed by atoms with Gasteiger partial charge in [0.1, 0.15) is 5.82 Å². The maximum atomic E-state index is 12.5. The molecule has 0 spiro atoms. The Bertz CT molecular complexity index is 926. The van der Waals surface area contributed by atoms with Crippen LogP contribution in [-0.2, 0) is 16.0 Å². The third kappa shape index (κ3) is 6.44. The molecule has 4 amide bonds. The van der Waals surface area contributed by atoms with Crippen LogP contribution in [-0.4, -0.2) is 79.4 Å². The third-order valence-electron chi connectivity index (χ3n) is 5.34. The van der Waals surface area contributed by atoms with Crippen molar-refractivity contribution in [2.75, 3.05) is 57.0 Å². The predicted octanol–water partition coefficient (Wildman–Crippen LogP) is 1.57. The zero-order valence-electron chi connectivity index (χ0n) is 18.6. The monoisotopic (exact) mass is 438 g/mol. The molecule has 0 atom stereocenters. The maximum absolute atomic E-state index is 12.5. The Morgan fingerprint density at radius 2 is 1.72 bits per heavy atom. The van der Waals surface area contributed by atoms with Gasteiger partial charge in [0.25, 0.3) is 0 Å². The van der Waals surface area contributed by atoms with Crippen molar-refractivity contribution < 1.29 is 14.4 Å². The standard InChI is InChI=1S/C23H30N6O3/c1-27(2)22(31)17-18-7-3-4-8-19(18)26-23(32)25-12-10-21(30)29-15-13-28(14-16-29)20-9-5-6-11-24-20/h3-9,11H,10,12-17H2,1-2H3,(H2,25,26,32). The molecule has 9 heteroatoms. The van der Waals surface area contributed by atoms with Crippen LogP contribution in [0.4, 0.5) is 16.3 Å². The van der Waals surface area contributed by atoms with Gasteiger partial charge in [-0.2, -0.15) is 0 Å². The molecule has 0 aliphatic carbocycles. The molecule has 0 bridgehead atoms. The number of hydrogen-bond donors (Lipinski definition) is 2. The van der Waals surface area contributed by atoms with Gasteiger partial charge in [-0.1, -0.05) is 24.3 Å². The lowest BCUT2D eigenvalue weighted by molar-refractivity contribution is -0.131. The van der Waals surface area contributed by atoms with Gasteiger partial charge >= 0.3 is 6.03 Å². The van der Waals surface area contributed by atoms with E-state index in [-0.39, 0.29) is 31.2 Å². The first-order valence-corrected chi connectivity index (χ1v) is 10.7. The van der Waals surface area contributed by atoms with E-state index in [1.165, 1.54) is 4.90 Å². The van der Waals surface area contributed by atoms with Gasteiger partial charge in [0.2, 0.25) is 11.8 Å². The van der Waals surface area contributed by atoms with Crippen molar-refractivity contribution in [1.29, 1.82) is 0 Å². The second kappa shape index (κ2) is 11.1. The zero-order chi connectivity index (χ0) is 22.9. The molecule has 1 aliphatic heterocycles. The molecule has 0 saturated carbocycles. The zero-order valence-corrected chi connectivity index (χ0v) is 18.6. The summed E-state index contributed by atoms with van der Waals surface area (Å²) in [5.74, 6) is 0.891. The van der Waals surface area contributed by atoms with Crippen LogP contribution >= 0.6 is 0 Å². The summed E-state index contributed by atoms with van der Waals surface area (Å²) in [4.78, 5) is 46.6. The summed E-state index contributed by atoms with van der Waals surface area (Å²) >= 11 is 0. The molecule has 32 heavy (non-hydrogen) atoms. The largest absolute Gasteiger partial charge is 0.353 e. The summed E-state index contributed by atoms with van der Waals surface area (Å²) in [5.41, 5.74) is 1.32. The molecule has 0 radical (unpaired) electrons. The third-order valence-corrected chi connectivity index (χ3v) is 5.34. The molecule has 9 nitrogen and oxygen atoms in total. The lowest BCUT2D eigenvalue weighted by Gasteiger charge is -2.35. The molecule has 0 unspecified atom stereocenters. The second-order valence-corrected chi connectivity index (χ2v) is 7.81. The van der Waals surface area contributed by atoms with Crippen LogP contribution in [0.3, 0.4) is 0 Å². The maximum Gasteiger partial charge on any atom is 0.319 e. The SMILES string of the molecule is CN(C)C(=O)Cc1ccccc1NC(=O)NCCC(=O)N1CCN(c2ccccn2)CC1. The number of pyridine rings is 1. The summed E-state index contributed by atoms with van der Waals surface area (Å²) < 4.78 is 0. The van der Waals surface area contributed by atoms with Crippen molar-refractivity contribution in [2.24, 2.45) is 0 Å². The highest BCUT2D eigenvalue weighted by Crippen LogP contribution is 2.16. The summed E-state index contributed by atoms with van der Waals surface area (Å²) in [5, 5.41) is 5.50. The van der Waals surface area contributed by atoms with Crippen molar-refractivity contribution in [3.63, 3.8) is 0 Å². The van der Waals surface area contributed by atoms with E-state index in [0.29, 0.717) is 18.8 Å². The van der Waals surface area contributed by atoms with Gasteiger partial charge in [-0.05, 0) is 23.8 Å². The van der Waals surface area contributed by atoms with Crippen LogP contribution in [0.2, 0.25) is 0 Å². The minimum absolute atomic E-state index is 0.0166. The number of aromatic nitrogens is 1. The Morgan fingerprint density at radius 3 is 2.41 bits per heavy atom. The molecule has 170 valence electrons. The number of para-hydroxylation sites is 1. The van der Waals surface area contributed by atoms with Gasteiger partial charge in [0.05, 0.1) is 6.42 Å². The molecule has 2 aromatic rings. The molecule has 3 rings (SSSR count). The number of rotatable bonds is 7. The van der Waals surface area contributed by atoms with Crippen molar-refractivity contribution in [3.8, 4) is 0 Å². The summed E-state index contributed by atoms with van der Waals surface area (Å²) in [6, 6.07) is 12.6. The van der Waals surface area contributed by atoms with Gasteiger partial charge < -0.3 is 25.3 Å². The van der Waals surface area contributed by atoms with E-state index in [9.17, 15) is 14.4 Å².